The average molecular weight is 930 g/mol. The van der Waals surface area contributed by atoms with Gasteiger partial charge in [0, 0.05) is 5.41 Å². The minimum absolute atomic E-state index is 0.00637. The third-order valence-corrected chi connectivity index (χ3v) is 18.9. The molecule has 64 heavy (non-hydrogen) atoms. The van der Waals surface area contributed by atoms with Crippen molar-refractivity contribution in [2.75, 3.05) is 0 Å². The molecule has 4 rings (SSSR count). The molecule has 0 heterocycles. The Hall–Kier alpha value is -0.380. The Morgan fingerprint density at radius 2 is 0.828 bits per heavy atom. The highest BCUT2D eigenvalue weighted by molar-refractivity contribution is 6.24. The Morgan fingerprint density at radius 1 is 0.453 bits per heavy atom. The molecule has 0 radical (unpaired) electrons. The Bertz CT molecular complexity index is 1230. The molecule has 4 aliphatic rings. The maximum atomic E-state index is 11.2. The van der Waals surface area contributed by atoms with Crippen LogP contribution in [0, 0.1) is 80.8 Å². The van der Waals surface area contributed by atoms with Crippen molar-refractivity contribution in [3.8, 4) is 23.7 Å². The topological polar surface area (TPSA) is 40.5 Å². The first-order chi connectivity index (χ1) is 30.4. The monoisotopic (exact) mass is 929 g/mol. The van der Waals surface area contributed by atoms with Gasteiger partial charge in [-0.2, -0.15) is 0 Å². The second-order valence-corrected chi connectivity index (χ2v) is 25.6. The molecule has 4 unspecified atom stereocenters. The molecule has 4 aliphatic carbocycles. The fourth-order valence-corrected chi connectivity index (χ4v) is 12.9. The minimum Gasteiger partial charge on any atom is -0.380 e. The van der Waals surface area contributed by atoms with Gasteiger partial charge in [-0.3, -0.25) is 0 Å². The lowest BCUT2D eigenvalue weighted by Crippen LogP contribution is -2.40. The largest absolute Gasteiger partial charge is 0.380 e. The van der Waals surface area contributed by atoms with Gasteiger partial charge in [0.15, 0.2) is 0 Å². The van der Waals surface area contributed by atoms with Crippen LogP contribution in [0.15, 0.2) is 0 Å². The summed E-state index contributed by atoms with van der Waals surface area (Å²) in [5.74, 6) is 18.5. The molecule has 4 fully saturated rings. The second-order valence-electron chi connectivity index (χ2n) is 24.7. The number of alkyl halides is 2. The van der Waals surface area contributed by atoms with Crippen molar-refractivity contribution < 1.29 is 10.2 Å². The van der Waals surface area contributed by atoms with Gasteiger partial charge in [-0.05, 0) is 142 Å². The molecule has 0 spiro atoms. The van der Waals surface area contributed by atoms with E-state index in [1.807, 2.05) is 20.8 Å². The van der Waals surface area contributed by atoms with E-state index in [-0.39, 0.29) is 32.4 Å². The van der Waals surface area contributed by atoms with Crippen LogP contribution in [0.5, 0.6) is 0 Å². The lowest BCUT2D eigenvalue weighted by molar-refractivity contribution is -0.00158. The fraction of sp³-hybridized carbons (Fsp3) is 0.933. The minimum atomic E-state index is -0.686. The van der Waals surface area contributed by atoms with E-state index in [1.165, 1.54) is 186 Å². The van der Waals surface area contributed by atoms with Gasteiger partial charge in [-0.1, -0.05) is 208 Å². The average Bonchev–Trinajstić information content (AvgIpc) is 3.28. The second kappa shape index (κ2) is 29.6. The van der Waals surface area contributed by atoms with Crippen LogP contribution in [-0.2, 0) is 0 Å². The van der Waals surface area contributed by atoms with Gasteiger partial charge in [0.1, 0.15) is 12.2 Å². The van der Waals surface area contributed by atoms with Gasteiger partial charge in [0.2, 0.25) is 0 Å². The third kappa shape index (κ3) is 19.6. The van der Waals surface area contributed by atoms with Crippen molar-refractivity contribution in [2.24, 2.45) is 57.2 Å². The SMILES string of the molecule is CCCCCC1CCC(C2CCC(CCCCC)(C(Cl)C#CC(Cl)C(C)(C)C)CC2)CC1.CCCCCC1CCC(C2CCC(CCCCC)(C(O)C#CC(O)C(C)(C)C)CC2)CC1. The van der Waals surface area contributed by atoms with Crippen molar-refractivity contribution in [2.45, 2.75) is 298 Å². The highest BCUT2D eigenvalue weighted by Crippen LogP contribution is 2.52. The number of rotatable bonds is 20. The van der Waals surface area contributed by atoms with Crippen LogP contribution in [0.1, 0.15) is 275 Å². The maximum absolute atomic E-state index is 11.2. The summed E-state index contributed by atoms with van der Waals surface area (Å²) in [7, 11) is 0. The van der Waals surface area contributed by atoms with Gasteiger partial charge in [-0.25, -0.2) is 0 Å². The van der Waals surface area contributed by atoms with Crippen molar-refractivity contribution in [1.82, 2.24) is 0 Å². The van der Waals surface area contributed by atoms with E-state index in [0.717, 1.165) is 54.8 Å². The molecule has 0 saturated heterocycles. The van der Waals surface area contributed by atoms with Crippen molar-refractivity contribution >= 4 is 23.2 Å². The van der Waals surface area contributed by atoms with Crippen molar-refractivity contribution in [1.29, 1.82) is 0 Å². The van der Waals surface area contributed by atoms with Crippen LogP contribution in [0.3, 0.4) is 0 Å². The van der Waals surface area contributed by atoms with E-state index in [9.17, 15) is 10.2 Å². The summed E-state index contributed by atoms with van der Waals surface area (Å²) in [6.07, 6.45) is 41.6. The lowest BCUT2D eigenvalue weighted by atomic mass is 9.61. The predicted molar refractivity (Wildman–Crippen MR) is 282 cm³/mol. The van der Waals surface area contributed by atoms with Gasteiger partial charge < -0.3 is 10.2 Å². The van der Waals surface area contributed by atoms with E-state index in [1.54, 1.807) is 0 Å². The zero-order valence-electron chi connectivity index (χ0n) is 44.1. The van der Waals surface area contributed by atoms with E-state index >= 15 is 0 Å². The molecule has 372 valence electrons. The molecule has 4 saturated carbocycles. The molecule has 4 atom stereocenters. The zero-order chi connectivity index (χ0) is 47.2. The standard InChI is InChI=1S/C30H52Cl2.C30H54O2/c2*1-6-8-10-12-24-13-15-25(16-14-24)26-19-22-30(23-20-26,21-11-9-7-2)28(32)18-17-27(31)29(3,4)5/h24-28H,6-16,19-23H2,1-5H3;24-28,31-32H,6-16,19-23H2,1-5H3. The molecule has 0 aromatic rings. The normalized spacial score (nSPS) is 30.9. The summed E-state index contributed by atoms with van der Waals surface area (Å²) in [5, 5.41) is 21.3. The first-order valence-electron chi connectivity index (χ1n) is 28.1. The van der Waals surface area contributed by atoms with Crippen LogP contribution < -0.4 is 0 Å². The van der Waals surface area contributed by atoms with Crippen LogP contribution >= 0.6 is 23.2 Å². The van der Waals surface area contributed by atoms with Crippen LogP contribution in [0.25, 0.3) is 0 Å². The van der Waals surface area contributed by atoms with Gasteiger partial charge >= 0.3 is 0 Å². The summed E-state index contributed by atoms with van der Waals surface area (Å²) >= 11 is 13.6. The molecule has 4 heteroatoms. The number of hydrogen-bond donors (Lipinski definition) is 2. The van der Waals surface area contributed by atoms with Crippen molar-refractivity contribution in [3.63, 3.8) is 0 Å². The van der Waals surface area contributed by atoms with Crippen molar-refractivity contribution in [3.05, 3.63) is 0 Å². The van der Waals surface area contributed by atoms with Crippen LogP contribution in [-0.4, -0.2) is 33.2 Å². The molecule has 0 aliphatic heterocycles. The van der Waals surface area contributed by atoms with Gasteiger partial charge in [0.05, 0.1) is 10.8 Å². The van der Waals surface area contributed by atoms with E-state index < -0.39 is 12.2 Å². The van der Waals surface area contributed by atoms with E-state index in [4.69, 9.17) is 23.2 Å². The predicted octanol–water partition coefficient (Wildman–Crippen LogP) is 18.3. The lowest BCUT2D eigenvalue weighted by Gasteiger charge is -2.45. The Kier molecular flexibility index (Phi) is 26.8. The summed E-state index contributed by atoms with van der Waals surface area (Å²) in [4.78, 5) is 0. The molecule has 0 aromatic heterocycles. The number of aliphatic hydroxyl groups is 2. The summed E-state index contributed by atoms with van der Waals surface area (Å²) < 4.78 is 0. The Balaban J connectivity index is 0.000000340. The number of unbranched alkanes of at least 4 members (excludes halogenated alkanes) is 8. The van der Waals surface area contributed by atoms with E-state index in [2.05, 4.69) is 72.1 Å². The summed E-state index contributed by atoms with van der Waals surface area (Å²) in [5.41, 5.74) is -0.136. The first-order valence-corrected chi connectivity index (χ1v) is 29.0. The van der Waals surface area contributed by atoms with Gasteiger partial charge in [0.25, 0.3) is 0 Å². The third-order valence-electron chi connectivity index (χ3n) is 17.5. The number of aliphatic hydroxyl groups excluding tert-OH is 2. The summed E-state index contributed by atoms with van der Waals surface area (Å²) in [6.45, 7) is 21.6. The van der Waals surface area contributed by atoms with Crippen LogP contribution in [0.4, 0.5) is 0 Å². The van der Waals surface area contributed by atoms with Crippen LogP contribution in [0.2, 0.25) is 0 Å². The molecular formula is C60H106Cl2O2. The first kappa shape index (κ1) is 57.9. The molecule has 0 bridgehead atoms. The number of hydrogen-bond acceptors (Lipinski definition) is 2. The highest BCUT2D eigenvalue weighted by atomic mass is 35.5. The Labute approximate surface area is 409 Å². The highest BCUT2D eigenvalue weighted by Gasteiger charge is 2.44. The number of halogens is 2. The molecular weight excluding hydrogens is 824 g/mol. The zero-order valence-corrected chi connectivity index (χ0v) is 45.6. The molecule has 2 nitrogen and oxygen atoms in total. The smallest absolute Gasteiger partial charge is 0.120 e. The van der Waals surface area contributed by atoms with Gasteiger partial charge in [-0.15, -0.1) is 23.2 Å². The fourth-order valence-electron chi connectivity index (χ4n) is 12.4. The van der Waals surface area contributed by atoms with E-state index in [0.29, 0.717) is 0 Å². The summed E-state index contributed by atoms with van der Waals surface area (Å²) in [6, 6.07) is 0. The molecule has 2 N–H and O–H groups in total. The quantitative estimate of drug-likeness (QED) is 0.0726. The Morgan fingerprint density at radius 3 is 1.22 bits per heavy atom. The molecule has 0 amide bonds. The maximum Gasteiger partial charge on any atom is 0.120 e. The molecule has 0 aromatic carbocycles.